The van der Waals surface area contributed by atoms with Crippen LogP contribution in [0, 0.1) is 5.82 Å². The molecule has 0 saturated carbocycles. The Morgan fingerprint density at radius 3 is 2.54 bits per heavy atom. The van der Waals surface area contributed by atoms with Crippen LogP contribution in [0.2, 0.25) is 0 Å². The summed E-state index contributed by atoms with van der Waals surface area (Å²) in [6, 6.07) is 10.9. The van der Waals surface area contributed by atoms with Crippen LogP contribution in [-0.4, -0.2) is 36.4 Å². The van der Waals surface area contributed by atoms with Gasteiger partial charge in [0.1, 0.15) is 5.82 Å². The third-order valence-corrected chi connectivity index (χ3v) is 4.31. The van der Waals surface area contributed by atoms with Crippen molar-refractivity contribution in [1.82, 2.24) is 15.2 Å². The van der Waals surface area contributed by atoms with Gasteiger partial charge in [-0.05, 0) is 23.8 Å². The zero-order valence-electron chi connectivity index (χ0n) is 13.7. The topological polar surface area (TPSA) is 41.4 Å². The van der Waals surface area contributed by atoms with Gasteiger partial charge in [-0.15, -0.1) is 24.0 Å². The SMILES string of the molecule is CN=C(NCCSCc1ccccc1F)NCCn1cccc1.I. The fraction of sp³-hybridized carbons (Fsp3) is 0.353. The lowest BCUT2D eigenvalue weighted by molar-refractivity contribution is 0.617. The van der Waals surface area contributed by atoms with Gasteiger partial charge in [0.05, 0.1) is 0 Å². The molecule has 0 atom stereocenters. The van der Waals surface area contributed by atoms with Gasteiger partial charge in [-0.1, -0.05) is 18.2 Å². The minimum atomic E-state index is -0.129. The van der Waals surface area contributed by atoms with Crippen molar-refractivity contribution >= 4 is 41.7 Å². The van der Waals surface area contributed by atoms with E-state index < -0.39 is 0 Å². The molecule has 1 aromatic heterocycles. The second-order valence-electron chi connectivity index (χ2n) is 4.99. The molecule has 7 heteroatoms. The first kappa shape index (κ1) is 20.8. The molecule has 0 bridgehead atoms. The highest BCUT2D eigenvalue weighted by Gasteiger charge is 2.01. The van der Waals surface area contributed by atoms with Crippen molar-refractivity contribution < 1.29 is 4.39 Å². The molecular weight excluding hydrogens is 438 g/mol. The van der Waals surface area contributed by atoms with Gasteiger partial charge in [0.25, 0.3) is 0 Å². The first-order chi connectivity index (χ1) is 11.3. The Morgan fingerprint density at radius 1 is 1.12 bits per heavy atom. The van der Waals surface area contributed by atoms with Gasteiger partial charge in [-0.2, -0.15) is 11.8 Å². The molecule has 0 unspecified atom stereocenters. The summed E-state index contributed by atoms with van der Waals surface area (Å²) in [5, 5.41) is 6.54. The predicted molar refractivity (Wildman–Crippen MR) is 112 cm³/mol. The monoisotopic (exact) mass is 462 g/mol. The molecule has 0 aliphatic carbocycles. The van der Waals surface area contributed by atoms with Crippen molar-refractivity contribution in [2.75, 3.05) is 25.9 Å². The molecule has 2 rings (SSSR count). The van der Waals surface area contributed by atoms with Crippen molar-refractivity contribution in [3.63, 3.8) is 0 Å². The summed E-state index contributed by atoms with van der Waals surface area (Å²) in [5.41, 5.74) is 0.756. The van der Waals surface area contributed by atoms with Crippen LogP contribution in [-0.2, 0) is 12.3 Å². The molecule has 132 valence electrons. The molecule has 1 aromatic carbocycles. The standard InChI is InChI=1S/C17H23FN4S.HI/c1-19-17(20-8-12-22-10-4-5-11-22)21-9-13-23-14-15-6-2-3-7-16(15)18;/h2-7,10-11H,8-9,12-14H2,1H3,(H2,19,20,21);1H. The Kier molecular flexibility index (Phi) is 10.6. The third-order valence-electron chi connectivity index (χ3n) is 3.31. The number of aromatic nitrogens is 1. The van der Waals surface area contributed by atoms with E-state index in [0.717, 1.165) is 36.9 Å². The highest BCUT2D eigenvalue weighted by Crippen LogP contribution is 2.14. The maximum atomic E-state index is 13.5. The number of hydrogen-bond donors (Lipinski definition) is 2. The molecule has 24 heavy (non-hydrogen) atoms. The number of benzene rings is 1. The van der Waals surface area contributed by atoms with Crippen LogP contribution in [0.5, 0.6) is 0 Å². The molecule has 4 nitrogen and oxygen atoms in total. The average molecular weight is 462 g/mol. The lowest BCUT2D eigenvalue weighted by Crippen LogP contribution is -2.39. The van der Waals surface area contributed by atoms with E-state index in [1.807, 2.05) is 36.7 Å². The summed E-state index contributed by atoms with van der Waals surface area (Å²) < 4.78 is 15.6. The van der Waals surface area contributed by atoms with Crippen molar-refractivity contribution in [2.45, 2.75) is 12.3 Å². The second kappa shape index (κ2) is 12.2. The van der Waals surface area contributed by atoms with Gasteiger partial charge < -0.3 is 15.2 Å². The first-order valence-corrected chi connectivity index (χ1v) is 8.81. The number of aliphatic imine (C=N–C) groups is 1. The third kappa shape index (κ3) is 7.57. The Bertz CT molecular complexity index is 604. The zero-order valence-corrected chi connectivity index (χ0v) is 16.9. The number of halogens is 2. The molecule has 0 radical (unpaired) electrons. The molecule has 0 aliphatic heterocycles. The molecular formula is C17H24FIN4S. The second-order valence-corrected chi connectivity index (χ2v) is 6.10. The molecule has 0 saturated heterocycles. The molecule has 2 aromatic rings. The number of thioether (sulfide) groups is 1. The highest BCUT2D eigenvalue weighted by atomic mass is 127. The lowest BCUT2D eigenvalue weighted by Gasteiger charge is -2.12. The van der Waals surface area contributed by atoms with E-state index >= 15 is 0 Å². The van der Waals surface area contributed by atoms with E-state index in [4.69, 9.17) is 0 Å². The summed E-state index contributed by atoms with van der Waals surface area (Å²) >= 11 is 1.71. The summed E-state index contributed by atoms with van der Waals surface area (Å²) in [7, 11) is 1.76. The number of rotatable bonds is 8. The van der Waals surface area contributed by atoms with E-state index in [-0.39, 0.29) is 29.8 Å². The van der Waals surface area contributed by atoms with Crippen molar-refractivity contribution in [3.8, 4) is 0 Å². The first-order valence-electron chi connectivity index (χ1n) is 7.66. The molecule has 1 heterocycles. The zero-order chi connectivity index (χ0) is 16.3. The minimum absolute atomic E-state index is 0. The lowest BCUT2D eigenvalue weighted by atomic mass is 10.2. The van der Waals surface area contributed by atoms with Crippen LogP contribution in [0.1, 0.15) is 5.56 Å². The Labute approximate surface area is 164 Å². The van der Waals surface area contributed by atoms with Gasteiger partial charge in [-0.3, -0.25) is 4.99 Å². The molecule has 0 aliphatic rings. The fourth-order valence-electron chi connectivity index (χ4n) is 2.08. The van der Waals surface area contributed by atoms with Gasteiger partial charge in [0, 0.05) is 50.6 Å². The number of guanidine groups is 1. The Morgan fingerprint density at radius 2 is 1.83 bits per heavy atom. The van der Waals surface area contributed by atoms with Crippen LogP contribution in [0.15, 0.2) is 53.8 Å². The Hall–Kier alpha value is -1.22. The molecule has 0 amide bonds. The van der Waals surface area contributed by atoms with E-state index in [1.165, 1.54) is 6.07 Å². The van der Waals surface area contributed by atoms with E-state index in [2.05, 4.69) is 20.2 Å². The van der Waals surface area contributed by atoms with Gasteiger partial charge in [-0.25, -0.2) is 4.39 Å². The normalized spacial score (nSPS) is 11.0. The summed E-state index contributed by atoms with van der Waals surface area (Å²) in [5.74, 6) is 2.25. The fourth-order valence-corrected chi connectivity index (χ4v) is 2.93. The van der Waals surface area contributed by atoms with Gasteiger partial charge in [0.2, 0.25) is 0 Å². The van der Waals surface area contributed by atoms with Crippen molar-refractivity contribution in [1.29, 1.82) is 0 Å². The summed E-state index contributed by atoms with van der Waals surface area (Å²) in [6.07, 6.45) is 4.08. The van der Waals surface area contributed by atoms with Crippen molar-refractivity contribution in [2.24, 2.45) is 4.99 Å². The van der Waals surface area contributed by atoms with E-state index in [9.17, 15) is 4.39 Å². The average Bonchev–Trinajstić information content (AvgIpc) is 3.08. The number of hydrogen-bond acceptors (Lipinski definition) is 2. The van der Waals surface area contributed by atoms with Gasteiger partial charge >= 0.3 is 0 Å². The molecule has 0 spiro atoms. The van der Waals surface area contributed by atoms with Crippen LogP contribution >= 0.6 is 35.7 Å². The van der Waals surface area contributed by atoms with Crippen molar-refractivity contribution in [3.05, 3.63) is 60.2 Å². The van der Waals surface area contributed by atoms with Crippen LogP contribution in [0.4, 0.5) is 4.39 Å². The van der Waals surface area contributed by atoms with Crippen LogP contribution in [0.25, 0.3) is 0 Å². The quantitative estimate of drug-likeness (QED) is 0.274. The van der Waals surface area contributed by atoms with Crippen LogP contribution < -0.4 is 10.6 Å². The Balaban J connectivity index is 0.00000288. The molecule has 0 fully saturated rings. The maximum Gasteiger partial charge on any atom is 0.191 e. The smallest absolute Gasteiger partial charge is 0.191 e. The summed E-state index contributed by atoms with van der Waals surface area (Å²) in [6.45, 7) is 2.51. The maximum absolute atomic E-state index is 13.5. The predicted octanol–water partition coefficient (Wildman–Crippen LogP) is 3.34. The van der Waals surface area contributed by atoms with Gasteiger partial charge in [0.15, 0.2) is 5.96 Å². The minimum Gasteiger partial charge on any atom is -0.356 e. The summed E-state index contributed by atoms with van der Waals surface area (Å²) in [4.78, 5) is 4.19. The van der Waals surface area contributed by atoms with E-state index in [0.29, 0.717) is 5.75 Å². The number of nitrogens with one attached hydrogen (secondary N) is 2. The largest absolute Gasteiger partial charge is 0.356 e. The van der Waals surface area contributed by atoms with E-state index in [1.54, 1.807) is 24.9 Å². The number of nitrogens with zero attached hydrogens (tertiary/aromatic N) is 2. The highest BCUT2D eigenvalue weighted by molar-refractivity contribution is 14.0. The van der Waals surface area contributed by atoms with Crippen LogP contribution in [0.3, 0.4) is 0 Å². The molecule has 2 N–H and O–H groups in total.